The van der Waals surface area contributed by atoms with E-state index in [0.717, 1.165) is 23.9 Å². The van der Waals surface area contributed by atoms with Crippen LogP contribution >= 0.6 is 15.9 Å². The van der Waals surface area contributed by atoms with Crippen molar-refractivity contribution in [1.29, 1.82) is 0 Å². The summed E-state index contributed by atoms with van der Waals surface area (Å²) in [7, 11) is 0. The summed E-state index contributed by atoms with van der Waals surface area (Å²) >= 11 is 3.44. The lowest BCUT2D eigenvalue weighted by atomic mass is 9.93. The smallest absolute Gasteiger partial charge is 0.303 e. The molecule has 6 heteroatoms. The summed E-state index contributed by atoms with van der Waals surface area (Å²) in [4.78, 5) is 25.4. The van der Waals surface area contributed by atoms with Crippen LogP contribution in [0.15, 0.2) is 16.7 Å². The molecule has 2 heterocycles. The van der Waals surface area contributed by atoms with Gasteiger partial charge in [0.05, 0.1) is 0 Å². The van der Waals surface area contributed by atoms with Gasteiger partial charge in [0.2, 0.25) is 0 Å². The number of hydrogen-bond donors (Lipinski definition) is 1. The van der Waals surface area contributed by atoms with Crippen molar-refractivity contribution in [3.05, 3.63) is 22.4 Å². The highest BCUT2D eigenvalue weighted by molar-refractivity contribution is 9.10. The molecule has 1 fully saturated rings. The third-order valence-electron chi connectivity index (χ3n) is 4.16. The highest BCUT2D eigenvalue weighted by Crippen LogP contribution is 2.25. The molecule has 0 aliphatic carbocycles. The van der Waals surface area contributed by atoms with Crippen LogP contribution in [-0.4, -0.2) is 39.5 Å². The maximum absolute atomic E-state index is 12.8. The monoisotopic (exact) mass is 370 g/mol. The Morgan fingerprint density at radius 1 is 1.45 bits per heavy atom. The highest BCUT2D eigenvalue weighted by Gasteiger charge is 2.27. The molecule has 0 unspecified atom stereocenters. The van der Waals surface area contributed by atoms with Gasteiger partial charge in [-0.3, -0.25) is 9.59 Å². The van der Waals surface area contributed by atoms with Gasteiger partial charge in [-0.15, -0.1) is 0 Å². The Labute approximate surface area is 139 Å². The second-order valence-corrected chi connectivity index (χ2v) is 7.15. The van der Waals surface area contributed by atoms with Crippen LogP contribution < -0.4 is 0 Å². The van der Waals surface area contributed by atoms with Gasteiger partial charge in [-0.2, -0.15) is 0 Å². The first kappa shape index (κ1) is 17.1. The summed E-state index contributed by atoms with van der Waals surface area (Å²) in [5, 5.41) is 8.81. The van der Waals surface area contributed by atoms with E-state index in [-0.39, 0.29) is 18.4 Å². The molecule has 1 aliphatic rings. The molecular formula is C16H23BrN2O3. The van der Waals surface area contributed by atoms with Crippen LogP contribution in [0.25, 0.3) is 0 Å². The fourth-order valence-electron chi connectivity index (χ4n) is 3.02. The number of hydrogen-bond acceptors (Lipinski definition) is 2. The largest absolute Gasteiger partial charge is 0.481 e. The van der Waals surface area contributed by atoms with E-state index in [1.54, 1.807) is 0 Å². The number of rotatable bonds is 5. The summed E-state index contributed by atoms with van der Waals surface area (Å²) in [5.74, 6) is -0.430. The molecule has 0 aromatic carbocycles. The molecule has 5 nitrogen and oxygen atoms in total. The molecule has 1 amide bonds. The molecule has 0 radical (unpaired) electrons. The summed E-state index contributed by atoms with van der Waals surface area (Å²) in [6, 6.07) is 2.08. The van der Waals surface area contributed by atoms with Gasteiger partial charge in [-0.25, -0.2) is 0 Å². The second-order valence-electron chi connectivity index (χ2n) is 6.24. The first-order chi connectivity index (χ1) is 10.4. The molecule has 1 N–H and O–H groups in total. The van der Waals surface area contributed by atoms with Gasteiger partial charge >= 0.3 is 5.97 Å². The van der Waals surface area contributed by atoms with E-state index in [9.17, 15) is 9.59 Å². The Kier molecular flexibility index (Phi) is 5.67. The maximum atomic E-state index is 12.8. The van der Waals surface area contributed by atoms with Gasteiger partial charge in [-0.05, 0) is 61.0 Å². The standard InChI is InChI=1S/C16H23BrN2O3/c1-11(2)19-10-13(17)8-14(19)16(22)18-7-3-4-12(9-18)5-6-15(20)21/h8,10-12H,3-7,9H2,1-2H3,(H,20,21)/t12-/m0/s1. The molecule has 1 aromatic rings. The van der Waals surface area contributed by atoms with Crippen molar-refractivity contribution < 1.29 is 14.7 Å². The van der Waals surface area contributed by atoms with Crippen molar-refractivity contribution in [3.63, 3.8) is 0 Å². The fourth-order valence-corrected chi connectivity index (χ4v) is 3.46. The molecule has 1 atom stereocenters. The Hall–Kier alpha value is -1.30. The first-order valence-corrected chi connectivity index (χ1v) is 8.56. The zero-order valence-corrected chi connectivity index (χ0v) is 14.7. The van der Waals surface area contributed by atoms with Gasteiger partial charge in [0.25, 0.3) is 5.91 Å². The second kappa shape index (κ2) is 7.31. The minimum Gasteiger partial charge on any atom is -0.481 e. The number of aliphatic carboxylic acids is 1. The maximum Gasteiger partial charge on any atom is 0.303 e. The lowest BCUT2D eigenvalue weighted by Gasteiger charge is -2.33. The van der Waals surface area contributed by atoms with Crippen LogP contribution in [0.4, 0.5) is 0 Å². The number of amides is 1. The van der Waals surface area contributed by atoms with Gasteiger partial charge in [0.15, 0.2) is 0 Å². The van der Waals surface area contributed by atoms with Gasteiger partial charge in [-0.1, -0.05) is 0 Å². The Morgan fingerprint density at radius 2 is 2.18 bits per heavy atom. The molecule has 0 saturated carbocycles. The summed E-state index contributed by atoms with van der Waals surface area (Å²) in [5.41, 5.74) is 0.695. The number of piperidine rings is 1. The van der Waals surface area contributed by atoms with Gasteiger partial charge in [0, 0.05) is 36.2 Å². The average molecular weight is 371 g/mol. The molecule has 0 spiro atoms. The van der Waals surface area contributed by atoms with Crippen molar-refractivity contribution in [2.45, 2.75) is 45.6 Å². The van der Waals surface area contributed by atoms with E-state index in [4.69, 9.17) is 5.11 Å². The van der Waals surface area contributed by atoms with E-state index in [2.05, 4.69) is 29.8 Å². The number of carbonyl (C=O) groups excluding carboxylic acids is 1. The number of likely N-dealkylation sites (tertiary alicyclic amines) is 1. The fraction of sp³-hybridized carbons (Fsp3) is 0.625. The molecule has 122 valence electrons. The lowest BCUT2D eigenvalue weighted by Crippen LogP contribution is -2.40. The van der Waals surface area contributed by atoms with Crippen LogP contribution in [0.3, 0.4) is 0 Å². The highest BCUT2D eigenvalue weighted by atomic mass is 79.9. The molecule has 1 aliphatic heterocycles. The topological polar surface area (TPSA) is 62.5 Å². The van der Waals surface area contributed by atoms with Crippen LogP contribution in [-0.2, 0) is 4.79 Å². The summed E-state index contributed by atoms with van der Waals surface area (Å²) in [6.45, 7) is 5.51. The molecule has 1 aromatic heterocycles. The number of carboxylic acid groups (broad SMARTS) is 1. The number of halogens is 1. The SMILES string of the molecule is CC(C)n1cc(Br)cc1C(=O)N1CCC[C@@H](CCC(=O)O)C1. The van der Waals surface area contributed by atoms with E-state index in [1.807, 2.05) is 21.7 Å². The number of carbonyl (C=O) groups is 2. The predicted octanol–water partition coefficient (Wildman–Crippen LogP) is 3.55. The number of carboxylic acids is 1. The van der Waals surface area contributed by atoms with Crippen LogP contribution in [0, 0.1) is 5.92 Å². The quantitative estimate of drug-likeness (QED) is 0.861. The van der Waals surface area contributed by atoms with Crippen LogP contribution in [0.1, 0.15) is 56.1 Å². The van der Waals surface area contributed by atoms with Crippen molar-refractivity contribution in [2.24, 2.45) is 5.92 Å². The van der Waals surface area contributed by atoms with E-state index >= 15 is 0 Å². The molecule has 22 heavy (non-hydrogen) atoms. The minimum absolute atomic E-state index is 0.0411. The average Bonchev–Trinajstić information content (AvgIpc) is 2.87. The van der Waals surface area contributed by atoms with E-state index in [0.29, 0.717) is 24.6 Å². The van der Waals surface area contributed by atoms with Crippen LogP contribution in [0.5, 0.6) is 0 Å². The van der Waals surface area contributed by atoms with Gasteiger partial charge < -0.3 is 14.6 Å². The Morgan fingerprint density at radius 3 is 2.82 bits per heavy atom. The number of nitrogens with zero attached hydrogens (tertiary/aromatic N) is 2. The summed E-state index contributed by atoms with van der Waals surface area (Å²) < 4.78 is 2.89. The Balaban J connectivity index is 2.07. The zero-order chi connectivity index (χ0) is 16.3. The molecule has 1 saturated heterocycles. The van der Waals surface area contributed by atoms with Gasteiger partial charge in [0.1, 0.15) is 5.69 Å². The zero-order valence-electron chi connectivity index (χ0n) is 13.1. The van der Waals surface area contributed by atoms with Crippen molar-refractivity contribution >= 4 is 27.8 Å². The minimum atomic E-state index is -0.763. The van der Waals surface area contributed by atoms with Crippen molar-refractivity contribution in [3.8, 4) is 0 Å². The first-order valence-electron chi connectivity index (χ1n) is 7.77. The Bertz CT molecular complexity index is 554. The van der Waals surface area contributed by atoms with Crippen molar-refractivity contribution in [1.82, 2.24) is 9.47 Å². The van der Waals surface area contributed by atoms with E-state index < -0.39 is 5.97 Å². The third-order valence-corrected chi connectivity index (χ3v) is 4.60. The predicted molar refractivity (Wildman–Crippen MR) is 88.0 cm³/mol. The normalized spacial score (nSPS) is 18.7. The van der Waals surface area contributed by atoms with Crippen molar-refractivity contribution in [2.75, 3.05) is 13.1 Å². The third kappa shape index (κ3) is 4.12. The van der Waals surface area contributed by atoms with Crippen LogP contribution in [0.2, 0.25) is 0 Å². The lowest BCUT2D eigenvalue weighted by molar-refractivity contribution is -0.137. The van der Waals surface area contributed by atoms with E-state index in [1.165, 1.54) is 0 Å². The molecular weight excluding hydrogens is 348 g/mol. The molecule has 2 rings (SSSR count). The summed E-state index contributed by atoms with van der Waals surface area (Å²) in [6.07, 6.45) is 4.71. The molecule has 0 bridgehead atoms. The number of aromatic nitrogens is 1.